The Morgan fingerprint density at radius 2 is 0.628 bits per heavy atom. The zero-order chi connectivity index (χ0) is 55.7. The molecule has 11 rings (SSSR count). The Bertz CT molecular complexity index is 3610. The lowest BCUT2D eigenvalue weighted by atomic mass is 9.73. The molecule has 0 radical (unpaired) electrons. The molecule has 0 spiro atoms. The van der Waals surface area contributed by atoms with Crippen molar-refractivity contribution in [3.05, 3.63) is 189 Å². The van der Waals surface area contributed by atoms with Crippen LogP contribution in [0.15, 0.2) is 133 Å². The molecule has 1 aliphatic carbocycles. The van der Waals surface area contributed by atoms with Gasteiger partial charge < -0.3 is 11.5 Å². The van der Waals surface area contributed by atoms with Crippen LogP contribution in [0.25, 0.3) is 43.8 Å². The number of imide groups is 2. The van der Waals surface area contributed by atoms with Crippen LogP contribution in [0.2, 0.25) is 0 Å². The smallest absolute Gasteiger partial charge is 0.399 e. The molecule has 1 saturated carbocycles. The molecule has 20 heteroatoms. The van der Waals surface area contributed by atoms with Crippen LogP contribution >= 0.6 is 0 Å². The third kappa shape index (κ3) is 8.44. The maximum absolute atomic E-state index is 14.7. The fourth-order valence-electron chi connectivity index (χ4n) is 11.5. The molecule has 0 atom stereocenters. The summed E-state index contributed by atoms with van der Waals surface area (Å²) < 4.78 is 173. The predicted molar refractivity (Wildman–Crippen MR) is 267 cm³/mol. The van der Waals surface area contributed by atoms with Crippen LogP contribution < -0.4 is 21.3 Å². The van der Waals surface area contributed by atoms with Crippen LogP contribution in [0.3, 0.4) is 0 Å². The van der Waals surface area contributed by atoms with Gasteiger partial charge in [0.05, 0.1) is 33.6 Å². The van der Waals surface area contributed by atoms with Gasteiger partial charge >= 0.3 is 24.7 Å². The van der Waals surface area contributed by atoms with Crippen molar-refractivity contribution in [1.29, 1.82) is 0 Å². The number of nitrogens with two attached hydrogens (primary N) is 2. The summed E-state index contributed by atoms with van der Waals surface area (Å²) in [5, 5.41) is 1.67. The van der Waals surface area contributed by atoms with Gasteiger partial charge in [-0.2, -0.15) is 52.7 Å². The molecule has 2 aliphatic heterocycles. The van der Waals surface area contributed by atoms with Gasteiger partial charge in [-0.25, -0.2) is 9.80 Å². The van der Waals surface area contributed by atoms with Gasteiger partial charge in [-0.05, 0) is 154 Å². The van der Waals surface area contributed by atoms with Crippen molar-refractivity contribution in [2.45, 2.75) is 62.2 Å². The van der Waals surface area contributed by atoms with Crippen LogP contribution in [0.1, 0.15) is 112 Å². The van der Waals surface area contributed by atoms with E-state index in [1.165, 1.54) is 24.3 Å². The summed E-state index contributed by atoms with van der Waals surface area (Å²) in [5.74, 6) is -4.06. The predicted octanol–water partition coefficient (Wildman–Crippen LogP) is 15.6. The van der Waals surface area contributed by atoms with Gasteiger partial charge in [-0.1, -0.05) is 60.7 Å². The van der Waals surface area contributed by atoms with E-state index in [0.717, 1.165) is 59.7 Å². The van der Waals surface area contributed by atoms with E-state index in [1.54, 1.807) is 36.4 Å². The number of hydrogen-bond donors (Lipinski definition) is 2. The first-order valence-corrected chi connectivity index (χ1v) is 24.0. The van der Waals surface area contributed by atoms with Crippen molar-refractivity contribution in [2.24, 2.45) is 0 Å². The second-order valence-electron chi connectivity index (χ2n) is 19.4. The average molecular weight is 1080 g/mol. The molecule has 8 aromatic rings. The minimum Gasteiger partial charge on any atom is -0.399 e. The summed E-state index contributed by atoms with van der Waals surface area (Å²) in [6.07, 6.45) is -18.3. The number of halogens is 12. The van der Waals surface area contributed by atoms with Gasteiger partial charge in [-0.3, -0.25) is 19.2 Å². The van der Waals surface area contributed by atoms with E-state index in [9.17, 15) is 71.9 Å². The van der Waals surface area contributed by atoms with Crippen molar-refractivity contribution in [3.8, 4) is 22.3 Å². The van der Waals surface area contributed by atoms with Crippen molar-refractivity contribution in [3.63, 3.8) is 0 Å². The monoisotopic (exact) mass is 1080 g/mol. The lowest BCUT2D eigenvalue weighted by Crippen LogP contribution is -2.40. The summed E-state index contributed by atoms with van der Waals surface area (Å²) in [4.78, 5) is 58.1. The number of nitrogens with zero attached hydrogens (tertiary/aromatic N) is 2. The number of amides is 4. The second kappa shape index (κ2) is 18.0. The summed E-state index contributed by atoms with van der Waals surface area (Å²) in [5.41, 5.74) is 1.85. The van der Waals surface area contributed by atoms with Crippen molar-refractivity contribution < 1.29 is 71.9 Å². The molecule has 3 aliphatic rings. The van der Waals surface area contributed by atoms with Crippen LogP contribution in [0, 0.1) is 0 Å². The molecule has 0 aromatic heterocycles. The average Bonchev–Trinajstić information content (AvgIpc) is 3.60. The SMILES string of the molecule is Nc1ccc(-c2ccc(N3C(=O)c4cccc5c(C6CCC(c7ccc8c9c(cccc79)C(=O)N(c7ccc(-c9ccc(N)cc9C(F)(F)F)c(C(F)(F)F)c7)C8=O)CC6)ccc(c45)C3=O)cc2C(F)(F)F)c(C(F)(F)F)c1. The maximum atomic E-state index is 14.7. The molecule has 8 nitrogen and oxygen atoms in total. The molecule has 1 fully saturated rings. The number of nitrogen functional groups attached to an aromatic ring is 2. The highest BCUT2D eigenvalue weighted by Crippen LogP contribution is 2.50. The maximum Gasteiger partial charge on any atom is 0.417 e. The minimum absolute atomic E-state index is 0.00937. The lowest BCUT2D eigenvalue weighted by Gasteiger charge is -2.33. The molecule has 8 aromatic carbocycles. The fraction of sp³-hybridized carbons (Fsp3) is 0.172. The molecule has 0 unspecified atom stereocenters. The Kier molecular flexibility index (Phi) is 11.8. The molecule has 4 N–H and O–H groups in total. The van der Waals surface area contributed by atoms with Gasteiger partial charge in [0.1, 0.15) is 0 Å². The van der Waals surface area contributed by atoms with Crippen molar-refractivity contribution in [1.82, 2.24) is 0 Å². The van der Waals surface area contributed by atoms with Gasteiger partial charge in [0.25, 0.3) is 23.6 Å². The number of alkyl halides is 12. The van der Waals surface area contributed by atoms with Gasteiger partial charge in [0.15, 0.2) is 0 Å². The lowest BCUT2D eigenvalue weighted by molar-refractivity contribution is -0.139. The van der Waals surface area contributed by atoms with Crippen LogP contribution in [0.4, 0.5) is 75.4 Å². The molecule has 78 heavy (non-hydrogen) atoms. The highest BCUT2D eigenvalue weighted by atomic mass is 19.4. The van der Waals surface area contributed by atoms with Gasteiger partial charge in [0.2, 0.25) is 0 Å². The Labute approximate surface area is 433 Å². The topological polar surface area (TPSA) is 127 Å². The zero-order valence-corrected chi connectivity index (χ0v) is 39.9. The van der Waals surface area contributed by atoms with E-state index < -0.39 is 104 Å². The van der Waals surface area contributed by atoms with E-state index in [-0.39, 0.29) is 56.2 Å². The van der Waals surface area contributed by atoms with Gasteiger partial charge in [0, 0.05) is 44.4 Å². The molecule has 0 bridgehead atoms. The molecule has 0 saturated heterocycles. The third-order valence-corrected chi connectivity index (χ3v) is 14.9. The van der Waals surface area contributed by atoms with Crippen LogP contribution in [0.5, 0.6) is 0 Å². The summed E-state index contributed by atoms with van der Waals surface area (Å²) in [6, 6.07) is 25.1. The van der Waals surface area contributed by atoms with Crippen molar-refractivity contribution >= 4 is 67.9 Å². The highest BCUT2D eigenvalue weighted by Gasteiger charge is 2.44. The zero-order valence-electron chi connectivity index (χ0n) is 39.9. The molecule has 396 valence electrons. The number of benzene rings is 8. The standard InChI is InChI=1S/C58H36F12N4O4/c59-55(60,61)45-23-29(71)11-15-35(45)37-17-13-31(25-47(37)57(65,66)67)73-51(75)41-5-1-3-39-33(19-21-43(49(39)41)53(73)77)27-7-9-28(10-8-27)34-20-22-44-50-40(34)4-2-6-42(50)52(76)74(54(44)78)32-14-18-38(48(26-32)58(68,69)70)36-16-12-30(72)24-46(36)56(62,63)64/h1-6,11-28H,7-10,71-72H2. The summed E-state index contributed by atoms with van der Waals surface area (Å²) in [7, 11) is 0. The van der Waals surface area contributed by atoms with E-state index in [0.29, 0.717) is 70.5 Å². The number of hydrogen-bond acceptors (Lipinski definition) is 6. The van der Waals surface area contributed by atoms with Crippen LogP contribution in [-0.4, -0.2) is 23.6 Å². The minimum atomic E-state index is -5.23. The molecule has 4 amide bonds. The highest BCUT2D eigenvalue weighted by molar-refractivity contribution is 6.37. The number of carbonyl (C=O) groups is 4. The van der Waals surface area contributed by atoms with E-state index >= 15 is 0 Å². The first-order chi connectivity index (χ1) is 36.7. The Morgan fingerprint density at radius 1 is 0.346 bits per heavy atom. The largest absolute Gasteiger partial charge is 0.417 e. The fourth-order valence-corrected chi connectivity index (χ4v) is 11.5. The normalized spacial score (nSPS) is 17.2. The quantitative estimate of drug-likeness (QED) is 0.0970. The van der Waals surface area contributed by atoms with E-state index in [2.05, 4.69) is 0 Å². The number of rotatable bonds is 6. The summed E-state index contributed by atoms with van der Waals surface area (Å²) >= 11 is 0. The second-order valence-corrected chi connectivity index (χ2v) is 19.4. The third-order valence-electron chi connectivity index (χ3n) is 14.9. The van der Waals surface area contributed by atoms with E-state index in [1.807, 2.05) is 0 Å². The van der Waals surface area contributed by atoms with E-state index in [4.69, 9.17) is 11.5 Å². The molecular weight excluding hydrogens is 1040 g/mol. The van der Waals surface area contributed by atoms with Crippen LogP contribution in [-0.2, 0) is 24.7 Å². The molecule has 2 heterocycles. The van der Waals surface area contributed by atoms with Crippen molar-refractivity contribution in [2.75, 3.05) is 21.3 Å². The summed E-state index contributed by atoms with van der Waals surface area (Å²) in [6.45, 7) is 0. The number of carbonyl (C=O) groups excluding carboxylic acids is 4. The first kappa shape index (κ1) is 51.4. The Hall–Kier alpha value is -8.68. The Morgan fingerprint density at radius 3 is 0.949 bits per heavy atom. The Balaban J connectivity index is 0.865. The molecular formula is C58H36F12N4O4. The van der Waals surface area contributed by atoms with Gasteiger partial charge in [-0.15, -0.1) is 0 Å². The number of anilines is 4. The first-order valence-electron chi connectivity index (χ1n) is 24.0.